The highest BCUT2D eigenvalue weighted by Crippen LogP contribution is 2.20. The molecule has 7 heteroatoms. The largest absolute Gasteiger partial charge is 0.497 e. The van der Waals surface area contributed by atoms with Gasteiger partial charge in [-0.2, -0.15) is 0 Å². The van der Waals surface area contributed by atoms with E-state index in [0.29, 0.717) is 0 Å². The summed E-state index contributed by atoms with van der Waals surface area (Å²) >= 11 is 0. The van der Waals surface area contributed by atoms with Crippen molar-refractivity contribution in [2.45, 2.75) is 38.8 Å². The van der Waals surface area contributed by atoms with E-state index in [1.807, 2.05) is 24.4 Å². The minimum Gasteiger partial charge on any atom is -0.497 e. The van der Waals surface area contributed by atoms with Gasteiger partial charge in [0.25, 0.3) is 0 Å². The average Bonchev–Trinajstić information content (AvgIpc) is 3.37. The summed E-state index contributed by atoms with van der Waals surface area (Å²) in [7, 11) is 3.82. The molecule has 6 rings (SSSR count). The number of fused-ring (bicyclic) bond motifs is 2. The van der Waals surface area contributed by atoms with Crippen LogP contribution >= 0.6 is 0 Å². The number of hydrogen-bond acceptors (Lipinski definition) is 6. The molecule has 4 heterocycles. The van der Waals surface area contributed by atoms with Crippen LogP contribution in [0.15, 0.2) is 67.0 Å². The van der Waals surface area contributed by atoms with Crippen LogP contribution in [0.5, 0.6) is 5.75 Å². The van der Waals surface area contributed by atoms with Gasteiger partial charge >= 0.3 is 0 Å². The molecule has 194 valence electrons. The molecule has 1 saturated heterocycles. The van der Waals surface area contributed by atoms with E-state index in [1.165, 1.54) is 48.3 Å². The van der Waals surface area contributed by atoms with E-state index in [9.17, 15) is 0 Å². The molecule has 37 heavy (non-hydrogen) atoms. The summed E-state index contributed by atoms with van der Waals surface area (Å²) < 4.78 is 7.45. The smallest absolute Gasteiger partial charge is 0.138 e. The van der Waals surface area contributed by atoms with Crippen molar-refractivity contribution >= 4 is 11.5 Å². The lowest BCUT2D eigenvalue weighted by molar-refractivity contribution is 0.315. The summed E-state index contributed by atoms with van der Waals surface area (Å²) in [5.74, 6) is 2.12. The molecule has 0 spiro atoms. The van der Waals surface area contributed by atoms with Crippen molar-refractivity contribution in [1.29, 1.82) is 0 Å². The number of nitrogens with one attached hydrogen (secondary N) is 1. The molecular formula is C30H38N6O. The number of methoxy groups -OCH3 is 1. The van der Waals surface area contributed by atoms with E-state index in [-0.39, 0.29) is 0 Å². The number of piperazine rings is 1. The monoisotopic (exact) mass is 498 g/mol. The minimum absolute atomic E-state index is 0.814. The van der Waals surface area contributed by atoms with Gasteiger partial charge < -0.3 is 15.0 Å². The highest BCUT2D eigenvalue weighted by atomic mass is 16.5. The van der Waals surface area contributed by atoms with Crippen LogP contribution in [0.2, 0.25) is 0 Å². The molecule has 1 N–H and O–H groups in total. The third-order valence-corrected chi connectivity index (χ3v) is 7.10. The van der Waals surface area contributed by atoms with Gasteiger partial charge in [-0.1, -0.05) is 24.3 Å². The van der Waals surface area contributed by atoms with Crippen LogP contribution in [0.25, 0.3) is 5.65 Å². The van der Waals surface area contributed by atoms with Crippen molar-refractivity contribution < 1.29 is 4.74 Å². The molecule has 4 aromatic rings. The Bertz CT molecular complexity index is 1250. The quantitative estimate of drug-likeness (QED) is 0.427. The highest BCUT2D eigenvalue weighted by Gasteiger charge is 2.15. The lowest BCUT2D eigenvalue weighted by Crippen LogP contribution is -2.44. The van der Waals surface area contributed by atoms with Crippen molar-refractivity contribution in [1.82, 2.24) is 24.6 Å². The van der Waals surface area contributed by atoms with Gasteiger partial charge in [0.1, 0.15) is 17.2 Å². The van der Waals surface area contributed by atoms with Crippen molar-refractivity contribution in [2.75, 3.05) is 45.2 Å². The van der Waals surface area contributed by atoms with Crippen molar-refractivity contribution in [2.24, 2.45) is 0 Å². The van der Waals surface area contributed by atoms with Crippen LogP contribution in [0.4, 0.5) is 5.82 Å². The zero-order chi connectivity index (χ0) is 25.5. The molecular weight excluding hydrogens is 460 g/mol. The number of hydrogen-bond donors (Lipinski definition) is 1. The van der Waals surface area contributed by atoms with Crippen LogP contribution in [0, 0.1) is 0 Å². The SMILES string of the molecule is COc1ccc(CN(C)Cc2cn3c(N4CCNCC4)cccc3n2)cc1.c1cnc2c(c1)CCCC2. The number of rotatable bonds is 6. The molecule has 2 aliphatic rings. The lowest BCUT2D eigenvalue weighted by Gasteiger charge is -2.29. The predicted molar refractivity (Wildman–Crippen MR) is 149 cm³/mol. The maximum atomic E-state index is 5.23. The molecule has 7 nitrogen and oxygen atoms in total. The van der Waals surface area contributed by atoms with E-state index >= 15 is 0 Å². The summed E-state index contributed by atoms with van der Waals surface area (Å²) in [5, 5.41) is 3.41. The van der Waals surface area contributed by atoms with Gasteiger partial charge in [0.15, 0.2) is 0 Å². The number of imidazole rings is 1. The summed E-state index contributed by atoms with van der Waals surface area (Å²) in [4.78, 5) is 13.9. The summed E-state index contributed by atoms with van der Waals surface area (Å²) in [6, 6.07) is 18.8. The molecule has 1 aromatic carbocycles. The van der Waals surface area contributed by atoms with Crippen molar-refractivity contribution in [3.05, 3.63) is 89.5 Å². The van der Waals surface area contributed by atoms with E-state index in [0.717, 1.165) is 56.4 Å². The maximum absolute atomic E-state index is 5.23. The molecule has 0 radical (unpaired) electrons. The Hall–Kier alpha value is -3.42. The van der Waals surface area contributed by atoms with Crippen molar-refractivity contribution in [3.8, 4) is 5.75 Å². The number of pyridine rings is 2. The van der Waals surface area contributed by atoms with Gasteiger partial charge in [-0.3, -0.25) is 14.3 Å². The summed E-state index contributed by atoms with van der Waals surface area (Å²) in [6.07, 6.45) is 9.17. The number of benzene rings is 1. The van der Waals surface area contributed by atoms with Crippen LogP contribution in [-0.2, 0) is 25.9 Å². The number of aromatic nitrogens is 3. The average molecular weight is 499 g/mol. The standard InChI is InChI=1S/C21H27N5O.C9H11N/c1-24(14-17-6-8-19(27-2)9-7-17)15-18-16-26-20(23-18)4-3-5-21(26)25-12-10-22-11-13-25;1-2-6-9-8(4-1)5-3-7-10-9/h3-9,16,22H,10-15H2,1-2H3;3,5,7H,1-2,4,6H2. The van der Waals surface area contributed by atoms with E-state index < -0.39 is 0 Å². The molecule has 1 aliphatic heterocycles. The summed E-state index contributed by atoms with van der Waals surface area (Å²) in [5.41, 5.74) is 6.17. The van der Waals surface area contributed by atoms with E-state index in [1.54, 1.807) is 7.11 Å². The Balaban J connectivity index is 0.000000233. The summed E-state index contributed by atoms with van der Waals surface area (Å²) in [6.45, 7) is 5.82. The van der Waals surface area contributed by atoms with Crippen LogP contribution in [-0.4, -0.2) is 59.6 Å². The molecule has 0 bridgehead atoms. The topological polar surface area (TPSA) is 57.9 Å². The molecule has 3 aromatic heterocycles. The second-order valence-corrected chi connectivity index (χ2v) is 9.92. The van der Waals surface area contributed by atoms with Crippen LogP contribution in [0.1, 0.15) is 35.4 Å². The Morgan fingerprint density at radius 1 is 0.946 bits per heavy atom. The van der Waals surface area contributed by atoms with Gasteiger partial charge in [0.05, 0.1) is 12.8 Å². The predicted octanol–water partition coefficient (Wildman–Crippen LogP) is 4.34. The zero-order valence-corrected chi connectivity index (χ0v) is 22.1. The highest BCUT2D eigenvalue weighted by molar-refractivity contribution is 5.52. The third kappa shape index (κ3) is 6.48. The minimum atomic E-state index is 0.814. The third-order valence-electron chi connectivity index (χ3n) is 7.10. The fourth-order valence-corrected chi connectivity index (χ4v) is 5.18. The normalized spacial score (nSPS) is 15.3. The van der Waals surface area contributed by atoms with E-state index in [2.05, 4.69) is 74.1 Å². The van der Waals surface area contributed by atoms with E-state index in [4.69, 9.17) is 9.72 Å². The Morgan fingerprint density at radius 3 is 2.54 bits per heavy atom. The first-order chi connectivity index (χ1) is 18.2. The van der Waals surface area contributed by atoms with Gasteiger partial charge in [-0.25, -0.2) is 4.98 Å². The molecule has 1 fully saturated rings. The lowest BCUT2D eigenvalue weighted by atomic mass is 9.96. The van der Waals surface area contributed by atoms with Crippen molar-refractivity contribution in [3.63, 3.8) is 0 Å². The zero-order valence-electron chi connectivity index (χ0n) is 22.1. The number of aryl methyl sites for hydroxylation is 2. The van der Waals surface area contributed by atoms with Gasteiger partial charge in [0.2, 0.25) is 0 Å². The molecule has 0 saturated carbocycles. The Morgan fingerprint density at radius 2 is 1.76 bits per heavy atom. The molecule has 0 atom stereocenters. The first-order valence-corrected chi connectivity index (χ1v) is 13.4. The maximum Gasteiger partial charge on any atom is 0.138 e. The second-order valence-electron chi connectivity index (χ2n) is 9.92. The molecule has 0 unspecified atom stereocenters. The fourth-order valence-electron chi connectivity index (χ4n) is 5.18. The van der Waals surface area contributed by atoms with Gasteiger partial charge in [0, 0.05) is 57.4 Å². The number of nitrogens with zero attached hydrogens (tertiary/aromatic N) is 5. The first kappa shape index (κ1) is 25.2. The Kier molecular flexibility index (Phi) is 8.33. The second kappa shape index (κ2) is 12.2. The van der Waals surface area contributed by atoms with Gasteiger partial charge in [-0.05, 0) is 74.2 Å². The van der Waals surface area contributed by atoms with Crippen LogP contribution in [0.3, 0.4) is 0 Å². The molecule has 1 aliphatic carbocycles. The van der Waals surface area contributed by atoms with Crippen LogP contribution < -0.4 is 15.0 Å². The fraction of sp³-hybridized carbons (Fsp3) is 0.400. The molecule has 0 amide bonds. The number of anilines is 1. The Labute approximate surface area is 220 Å². The number of ether oxygens (including phenoxy) is 1. The van der Waals surface area contributed by atoms with Gasteiger partial charge in [-0.15, -0.1) is 0 Å². The first-order valence-electron chi connectivity index (χ1n) is 13.4.